The Morgan fingerprint density at radius 3 is 1.11 bits per heavy atom. The topological polar surface area (TPSA) is 98.0 Å². The second-order valence-electron chi connectivity index (χ2n) is 31.2. The Balaban J connectivity index is -0.000000166. The van der Waals surface area contributed by atoms with Crippen molar-refractivity contribution in [2.45, 2.75) is 296 Å². The van der Waals surface area contributed by atoms with E-state index in [0.29, 0.717) is 5.92 Å². The molecule has 4 fully saturated rings. The molecule has 3 N–H and O–H groups in total. The number of carbonyl (C=O) groups excluding carboxylic acids is 1. The van der Waals surface area contributed by atoms with Gasteiger partial charge in [-0.2, -0.15) is 0 Å². The molecule has 0 amide bonds. The van der Waals surface area contributed by atoms with Crippen LogP contribution in [0.5, 0.6) is 0 Å². The number of likely N-dealkylation sites (tertiary alicyclic amines) is 1. The van der Waals surface area contributed by atoms with Gasteiger partial charge in [0.2, 0.25) is 0 Å². The summed E-state index contributed by atoms with van der Waals surface area (Å²) in [6, 6.07) is 0. The third kappa shape index (κ3) is 101. The highest BCUT2D eigenvalue weighted by molar-refractivity contribution is 5.77. The minimum Gasteiger partial charge on any atom is -0.393 e. The highest BCUT2D eigenvalue weighted by Crippen LogP contribution is 2.35. The molecule has 10 nitrogen and oxygen atoms in total. The zero-order valence-electron chi connectivity index (χ0n) is 66.7. The van der Waals surface area contributed by atoms with Crippen LogP contribution in [0.1, 0.15) is 290 Å². The third-order valence-corrected chi connectivity index (χ3v) is 16.1. The quantitative estimate of drug-likeness (QED) is 0.0871. The lowest BCUT2D eigenvalue weighted by atomic mass is 10.0. The Kier molecular flexibility index (Phi) is 82.7. The predicted molar refractivity (Wildman–Crippen MR) is 401 cm³/mol. The van der Waals surface area contributed by atoms with Crippen molar-refractivity contribution in [1.82, 2.24) is 24.5 Å². The van der Waals surface area contributed by atoms with E-state index in [1.165, 1.54) is 149 Å². The van der Waals surface area contributed by atoms with Crippen LogP contribution < -0.4 is 5.73 Å². The molecule has 0 bridgehead atoms. The second kappa shape index (κ2) is 72.1. The van der Waals surface area contributed by atoms with E-state index in [0.717, 1.165) is 124 Å². The van der Waals surface area contributed by atoms with Gasteiger partial charge in [-0.3, -0.25) is 9.69 Å². The van der Waals surface area contributed by atoms with Crippen LogP contribution in [-0.4, -0.2) is 175 Å². The van der Waals surface area contributed by atoms with Gasteiger partial charge in [0.25, 0.3) is 0 Å². The number of Topliss-reactive ketones (excluding diaryl/α,β-unsaturated/α-hetero) is 1. The number of nitrogens with two attached hydrogens (primary N) is 1. The average molecular weight is 1260 g/mol. The van der Waals surface area contributed by atoms with Crippen LogP contribution in [0.4, 0.5) is 0 Å². The van der Waals surface area contributed by atoms with E-state index < -0.39 is 0 Å². The van der Waals surface area contributed by atoms with Crippen LogP contribution >= 0.6 is 0 Å². The van der Waals surface area contributed by atoms with Gasteiger partial charge in [-0.05, 0) is 222 Å². The molecule has 4 aliphatic rings. The van der Waals surface area contributed by atoms with Gasteiger partial charge in [-0.1, -0.05) is 206 Å². The van der Waals surface area contributed by atoms with Crippen molar-refractivity contribution >= 4 is 5.78 Å². The van der Waals surface area contributed by atoms with Gasteiger partial charge in [0.1, 0.15) is 5.78 Å². The highest BCUT2D eigenvalue weighted by atomic mass is 16.5. The lowest BCUT2D eigenvalue weighted by Gasteiger charge is -2.32. The lowest BCUT2D eigenvalue weighted by molar-refractivity contribution is -0.119. The van der Waals surface area contributed by atoms with Crippen molar-refractivity contribution < 1.29 is 19.4 Å². The first-order valence-electron chi connectivity index (χ1n) is 37.4. The Morgan fingerprint density at radius 2 is 0.909 bits per heavy atom. The Bertz CT molecular complexity index is 1220. The van der Waals surface area contributed by atoms with Gasteiger partial charge in [-0.15, -0.1) is 0 Å². The van der Waals surface area contributed by atoms with Gasteiger partial charge in [-0.25, -0.2) is 0 Å². The molecule has 1 atom stereocenters. The summed E-state index contributed by atoms with van der Waals surface area (Å²) in [5.74, 6) is 10.7. The number of aliphatic hydroxyl groups excluding tert-OH is 1. The molecule has 0 aromatic heterocycles. The summed E-state index contributed by atoms with van der Waals surface area (Å²) < 4.78 is 10.1. The van der Waals surface area contributed by atoms with Crippen LogP contribution in [0, 0.1) is 76.9 Å². The summed E-state index contributed by atoms with van der Waals surface area (Å²) in [5.41, 5.74) is 5.23. The first-order chi connectivity index (χ1) is 40.9. The maximum atomic E-state index is 10.1. The Labute approximate surface area is 558 Å². The number of ketones is 1. The van der Waals surface area contributed by atoms with Crippen molar-refractivity contribution in [1.29, 1.82) is 0 Å². The Morgan fingerprint density at radius 1 is 0.534 bits per heavy atom. The van der Waals surface area contributed by atoms with Crippen molar-refractivity contribution in [3.05, 3.63) is 0 Å². The van der Waals surface area contributed by atoms with Crippen LogP contribution in [0.15, 0.2) is 0 Å². The molecule has 0 aromatic rings. The average Bonchev–Trinajstić information content (AvgIpc) is 4.53. The van der Waals surface area contributed by atoms with E-state index in [2.05, 4.69) is 205 Å². The first kappa shape index (κ1) is 101. The molecule has 1 saturated carbocycles. The predicted octanol–water partition coefficient (Wildman–Crippen LogP) is 19.6. The highest BCUT2D eigenvalue weighted by Gasteiger charge is 2.24. The number of aliphatic hydroxyl groups is 1. The zero-order valence-corrected chi connectivity index (χ0v) is 66.7. The monoisotopic (exact) mass is 1260 g/mol. The molecule has 1 unspecified atom stereocenters. The van der Waals surface area contributed by atoms with Crippen molar-refractivity contribution in [2.24, 2.45) is 82.7 Å². The summed E-state index contributed by atoms with van der Waals surface area (Å²) in [5, 5.41) is 9.03. The van der Waals surface area contributed by atoms with Crippen LogP contribution in [0.2, 0.25) is 0 Å². The molecule has 10 heteroatoms. The fourth-order valence-electron chi connectivity index (χ4n) is 7.69. The van der Waals surface area contributed by atoms with Crippen molar-refractivity contribution in [3.63, 3.8) is 0 Å². The number of hydrogen-bond donors (Lipinski definition) is 2. The van der Waals surface area contributed by atoms with E-state index in [1.54, 1.807) is 14.0 Å². The number of unbranched alkanes of at least 4 members (excludes halogenated alkanes) is 1. The molecule has 3 saturated heterocycles. The van der Waals surface area contributed by atoms with Crippen LogP contribution in [-0.2, 0) is 14.3 Å². The molecule has 540 valence electrons. The molecular weight excluding hydrogens is 1080 g/mol. The number of likely N-dealkylation sites (N-methyl/N-ethyl adjacent to an activating group) is 1. The number of piperazine rings is 1. The summed E-state index contributed by atoms with van der Waals surface area (Å²) in [4.78, 5) is 22.5. The minimum absolute atomic E-state index is 0.0741. The number of hydrogen-bond acceptors (Lipinski definition) is 10. The van der Waals surface area contributed by atoms with Gasteiger partial charge in [0.05, 0.1) is 19.3 Å². The minimum atomic E-state index is -0.0741. The molecule has 3 heterocycles. The molecule has 4 rings (SSSR count). The Hall–Kier alpha value is -0.690. The fraction of sp³-hybridized carbons (Fsp3) is 0.987. The largest absolute Gasteiger partial charge is 0.393 e. The maximum absolute atomic E-state index is 10.1. The van der Waals surface area contributed by atoms with Crippen LogP contribution in [0.25, 0.3) is 0 Å². The summed E-state index contributed by atoms with van der Waals surface area (Å²) in [7, 11) is 8.17. The number of methoxy groups -OCH3 is 1. The fourth-order valence-corrected chi connectivity index (χ4v) is 7.69. The van der Waals surface area contributed by atoms with E-state index in [9.17, 15) is 4.79 Å². The molecular formula is C78H174N6O4. The molecule has 0 aromatic carbocycles. The van der Waals surface area contributed by atoms with Gasteiger partial charge < -0.3 is 39.9 Å². The number of carbonyl (C=O) groups is 1. The SMILES string of the molecule is CC(=O)C(C)C.CC(C)C(C)C.CC(C)C1CC1.CC(C)CCN.CC(C)CCN(C)C.CC(C)CCN1CCCCC1.CC(C)CCN1CCN(C)CC1.CC(C)CCN1CCOCC1.CCC(O)CC(C)C.CCCCC(C)C.COCCC(C)C. The zero-order chi connectivity index (χ0) is 69.6. The smallest absolute Gasteiger partial charge is 0.132 e. The van der Waals surface area contributed by atoms with E-state index in [1.807, 2.05) is 20.8 Å². The van der Waals surface area contributed by atoms with Crippen molar-refractivity contribution in [2.75, 3.05) is 133 Å². The van der Waals surface area contributed by atoms with E-state index in [4.69, 9.17) is 20.3 Å². The van der Waals surface area contributed by atoms with Gasteiger partial charge >= 0.3 is 0 Å². The standard InChI is InChI=1S/C10H22N2.C10H21N.C9H19NO.C7H17N.C7H16O.C7H16.C6H14O.C6H12.C6H14.C5H13N.C5H10O/c1-10(2)4-5-12-8-6-11(3)7-9-12;1-10(2)6-9-11-7-4-3-5-8-11;1-9(2)3-4-10-5-7-11-8-6-10;1-7(2)5-6-8(3)4;1-4-7(8)5-6(2)3;1-4-5-6-7(2)3;1-6(2)4-5-7-3;1-5(2)6-3-4-6;1-5(2)6(3)4;1-5(2)3-4-6;1-4(2)5(3)6/h10H,4-9H2,1-3H3;10H,3-9H2,1-2H3;9H,3-8H2,1-2H3;7H,5-6H2,1-4H3;6-8H,4-5H2,1-3H3;7H,4-6H2,1-3H3;6H,4-5H2,1-3H3;5-6H,3-4H2,1-2H3;5-6H,1-4H3;5H,3-4,6H2,1-2H3;4H,1-3H3. The second-order valence-corrected chi connectivity index (χ2v) is 31.2. The lowest BCUT2D eigenvalue weighted by Crippen LogP contribution is -2.44. The summed E-state index contributed by atoms with van der Waals surface area (Å²) >= 11 is 0. The van der Waals surface area contributed by atoms with Crippen molar-refractivity contribution in [3.8, 4) is 0 Å². The third-order valence-electron chi connectivity index (χ3n) is 16.1. The van der Waals surface area contributed by atoms with Gasteiger partial charge in [0.15, 0.2) is 0 Å². The number of ether oxygens (including phenoxy) is 2. The van der Waals surface area contributed by atoms with E-state index >= 15 is 0 Å². The number of nitrogens with zero attached hydrogens (tertiary/aromatic N) is 5. The molecule has 1 aliphatic carbocycles. The number of piperidine rings is 1. The van der Waals surface area contributed by atoms with E-state index in [-0.39, 0.29) is 17.8 Å². The number of rotatable bonds is 26. The molecule has 0 spiro atoms. The number of morpholine rings is 1. The summed E-state index contributed by atoms with van der Waals surface area (Å²) in [6.07, 6.45) is 20.9. The first-order valence-corrected chi connectivity index (χ1v) is 37.4. The molecule has 88 heavy (non-hydrogen) atoms. The van der Waals surface area contributed by atoms with Crippen LogP contribution in [0.3, 0.4) is 0 Å². The molecule has 3 aliphatic heterocycles. The maximum Gasteiger partial charge on any atom is 0.132 e. The summed E-state index contributed by atoms with van der Waals surface area (Å²) in [6.45, 7) is 77.7. The molecule has 0 radical (unpaired) electrons. The van der Waals surface area contributed by atoms with Gasteiger partial charge in [0, 0.05) is 58.9 Å². The normalized spacial score (nSPS) is 15.8.